The van der Waals surface area contributed by atoms with Crippen LogP contribution in [-0.2, 0) is 11.3 Å². The van der Waals surface area contributed by atoms with Gasteiger partial charge in [0.1, 0.15) is 5.82 Å². The molecule has 160 valence electrons. The lowest BCUT2D eigenvalue weighted by molar-refractivity contribution is -0.118. The van der Waals surface area contributed by atoms with Crippen LogP contribution in [0.15, 0.2) is 70.9 Å². The van der Waals surface area contributed by atoms with Crippen LogP contribution in [0.4, 0.5) is 10.3 Å². The van der Waals surface area contributed by atoms with Crippen LogP contribution in [0.25, 0.3) is 6.08 Å². The average Bonchev–Trinajstić information content (AvgIpc) is 3.14. The van der Waals surface area contributed by atoms with Gasteiger partial charge in [-0.05, 0) is 36.3 Å². The second-order valence-electron chi connectivity index (χ2n) is 6.48. The van der Waals surface area contributed by atoms with Crippen LogP contribution in [0.5, 0.6) is 0 Å². The number of allylic oxidation sites excluding steroid dienone is 1. The molecule has 3 rings (SSSR count). The molecule has 1 heterocycles. The van der Waals surface area contributed by atoms with Crippen molar-refractivity contribution in [2.24, 2.45) is 5.10 Å². The zero-order valence-electron chi connectivity index (χ0n) is 16.8. The number of nitrogens with one attached hydrogen (secondary N) is 2. The Labute approximate surface area is 183 Å². The minimum atomic E-state index is -0.316. The van der Waals surface area contributed by atoms with Crippen molar-refractivity contribution >= 4 is 35.4 Å². The molecule has 0 unspecified atom stereocenters. The Bertz CT molecular complexity index is 1070. The van der Waals surface area contributed by atoms with E-state index in [4.69, 9.17) is 5.84 Å². The van der Waals surface area contributed by atoms with Gasteiger partial charge in [-0.1, -0.05) is 60.3 Å². The normalized spacial score (nSPS) is 11.6. The van der Waals surface area contributed by atoms with E-state index in [0.29, 0.717) is 11.7 Å². The van der Waals surface area contributed by atoms with E-state index in [0.717, 1.165) is 28.6 Å². The molecule has 4 N–H and O–H groups in total. The predicted octanol–water partition coefficient (Wildman–Crippen LogP) is 3.04. The number of carbonyl (C=O) groups excluding carboxylic acids is 1. The third-order valence-corrected chi connectivity index (χ3v) is 4.99. The third kappa shape index (κ3) is 6.96. The van der Waals surface area contributed by atoms with Crippen LogP contribution in [0.3, 0.4) is 0 Å². The van der Waals surface area contributed by atoms with E-state index in [1.165, 1.54) is 16.8 Å². The van der Waals surface area contributed by atoms with Crippen LogP contribution in [0.2, 0.25) is 0 Å². The van der Waals surface area contributed by atoms with E-state index < -0.39 is 0 Å². The molecule has 0 aliphatic heterocycles. The number of carbonyl (C=O) groups is 1. The number of nitrogens with two attached hydrogens (primary N) is 1. The minimum Gasteiger partial charge on any atom is -0.351 e. The van der Waals surface area contributed by atoms with Gasteiger partial charge in [-0.3, -0.25) is 4.79 Å². The fraction of sp³-hybridized carbons (Fsp3) is 0.143. The number of hydrazone groups is 1. The molecule has 0 saturated heterocycles. The van der Waals surface area contributed by atoms with Crippen LogP contribution in [0, 0.1) is 5.82 Å². The van der Waals surface area contributed by atoms with Crippen LogP contribution < -0.4 is 16.6 Å². The van der Waals surface area contributed by atoms with Gasteiger partial charge in [-0.15, -0.1) is 10.2 Å². The zero-order chi connectivity index (χ0) is 22.1. The lowest BCUT2D eigenvalue weighted by Crippen LogP contribution is -2.25. The number of nitrogens with zero attached hydrogens (tertiary/aromatic N) is 4. The molecule has 3 aromatic rings. The summed E-state index contributed by atoms with van der Waals surface area (Å²) in [4.78, 5) is 12.0. The first-order valence-corrected chi connectivity index (χ1v) is 10.4. The summed E-state index contributed by atoms with van der Waals surface area (Å²) in [6, 6.07) is 15.8. The second kappa shape index (κ2) is 10.9. The maximum atomic E-state index is 12.9. The first-order valence-electron chi connectivity index (χ1n) is 9.39. The summed E-state index contributed by atoms with van der Waals surface area (Å²) >= 11 is 1.15. The topological polar surface area (TPSA) is 110 Å². The molecule has 8 nitrogen and oxygen atoms in total. The summed E-state index contributed by atoms with van der Waals surface area (Å²) in [5.41, 5.74) is 5.36. The smallest absolute Gasteiger partial charge is 0.264 e. The van der Waals surface area contributed by atoms with Gasteiger partial charge in [0, 0.05) is 6.54 Å². The molecule has 2 aromatic carbocycles. The molecular weight excluding hydrogens is 417 g/mol. The molecule has 1 amide bonds. The lowest BCUT2D eigenvalue weighted by Gasteiger charge is -2.05. The number of rotatable bonds is 9. The molecule has 0 atom stereocenters. The van der Waals surface area contributed by atoms with Gasteiger partial charge >= 0.3 is 0 Å². The molecule has 10 heteroatoms. The molecule has 0 aliphatic rings. The summed E-state index contributed by atoms with van der Waals surface area (Å²) in [5, 5.41) is 15.2. The second-order valence-corrected chi connectivity index (χ2v) is 7.42. The van der Waals surface area contributed by atoms with Gasteiger partial charge in [-0.25, -0.2) is 14.5 Å². The Hall–Kier alpha value is -3.66. The van der Waals surface area contributed by atoms with Crippen LogP contribution in [-0.4, -0.2) is 32.2 Å². The zero-order valence-corrected chi connectivity index (χ0v) is 17.6. The molecule has 0 bridgehead atoms. The van der Waals surface area contributed by atoms with Crippen molar-refractivity contribution in [3.63, 3.8) is 0 Å². The average molecular weight is 440 g/mol. The minimum absolute atomic E-state index is 0.110. The Morgan fingerprint density at radius 1 is 1.19 bits per heavy atom. The molecule has 0 fully saturated rings. The summed E-state index contributed by atoms with van der Waals surface area (Å²) in [6.07, 6.45) is 3.81. The molecular formula is C21H22FN7OS. The van der Waals surface area contributed by atoms with Crippen LogP contribution in [0.1, 0.15) is 18.1 Å². The van der Waals surface area contributed by atoms with Gasteiger partial charge in [0.25, 0.3) is 5.95 Å². The van der Waals surface area contributed by atoms with Crippen molar-refractivity contribution < 1.29 is 9.18 Å². The third-order valence-electron chi connectivity index (χ3n) is 4.05. The number of benzene rings is 2. The molecule has 0 saturated carbocycles. The Morgan fingerprint density at radius 2 is 1.94 bits per heavy atom. The number of anilines is 1. The first-order chi connectivity index (χ1) is 15.0. The summed E-state index contributed by atoms with van der Waals surface area (Å²) in [7, 11) is 0. The fourth-order valence-electron chi connectivity index (χ4n) is 2.39. The number of aromatic nitrogens is 3. The van der Waals surface area contributed by atoms with Gasteiger partial charge in [-0.2, -0.15) is 5.10 Å². The first kappa shape index (κ1) is 22.0. The number of halogens is 1. The van der Waals surface area contributed by atoms with Crippen molar-refractivity contribution in [2.75, 3.05) is 17.0 Å². The van der Waals surface area contributed by atoms with E-state index in [1.807, 2.05) is 49.4 Å². The quantitative estimate of drug-likeness (QED) is 0.205. The fourth-order valence-corrected chi connectivity index (χ4v) is 3.08. The number of nitrogen functional groups attached to an aromatic ring is 1. The highest BCUT2D eigenvalue weighted by molar-refractivity contribution is 7.99. The number of amides is 1. The highest BCUT2D eigenvalue weighted by atomic mass is 32.2. The van der Waals surface area contributed by atoms with Crippen molar-refractivity contribution in [1.82, 2.24) is 20.2 Å². The van der Waals surface area contributed by atoms with Gasteiger partial charge in [0.15, 0.2) is 0 Å². The summed E-state index contributed by atoms with van der Waals surface area (Å²) in [5.74, 6) is 5.82. The van der Waals surface area contributed by atoms with E-state index in [-0.39, 0.29) is 23.4 Å². The monoisotopic (exact) mass is 439 g/mol. The highest BCUT2D eigenvalue weighted by Gasteiger charge is 2.12. The van der Waals surface area contributed by atoms with Crippen molar-refractivity contribution in [1.29, 1.82) is 0 Å². The maximum absolute atomic E-state index is 12.9. The standard InChI is InChI=1S/C21H22FN7OS/c1-15(7-8-16-5-3-2-4-6-16)25-26-20-27-28-21(29(20)23)31-14-19(30)24-13-17-9-11-18(22)12-10-17/h2-12H,13-14,23H2,1H3,(H,24,30)(H,26,27)/b8-7+,25-15+. The highest BCUT2D eigenvalue weighted by Crippen LogP contribution is 2.16. The van der Waals surface area contributed by atoms with Crippen LogP contribution >= 0.6 is 11.8 Å². The van der Waals surface area contributed by atoms with Gasteiger partial charge in [0.05, 0.1) is 11.5 Å². The van der Waals surface area contributed by atoms with Gasteiger partial charge in [0.2, 0.25) is 11.1 Å². The molecule has 31 heavy (non-hydrogen) atoms. The number of thioether (sulfide) groups is 1. The van der Waals surface area contributed by atoms with E-state index in [2.05, 4.69) is 26.0 Å². The Morgan fingerprint density at radius 3 is 2.68 bits per heavy atom. The van der Waals surface area contributed by atoms with E-state index in [1.54, 1.807) is 12.1 Å². The molecule has 0 aliphatic carbocycles. The Balaban J connectivity index is 1.47. The van der Waals surface area contributed by atoms with Gasteiger partial charge < -0.3 is 11.2 Å². The number of hydrogen-bond acceptors (Lipinski definition) is 7. The largest absolute Gasteiger partial charge is 0.351 e. The lowest BCUT2D eigenvalue weighted by atomic mass is 10.2. The summed E-state index contributed by atoms with van der Waals surface area (Å²) < 4.78 is 14.1. The number of hydrogen-bond donors (Lipinski definition) is 3. The van der Waals surface area contributed by atoms with E-state index in [9.17, 15) is 9.18 Å². The molecule has 0 radical (unpaired) electrons. The van der Waals surface area contributed by atoms with Crippen molar-refractivity contribution in [3.8, 4) is 0 Å². The van der Waals surface area contributed by atoms with Crippen molar-refractivity contribution in [2.45, 2.75) is 18.6 Å². The Kier molecular flexibility index (Phi) is 7.77. The molecule has 0 spiro atoms. The maximum Gasteiger partial charge on any atom is 0.264 e. The SMILES string of the molecule is CC(/C=C/c1ccccc1)=N\Nc1nnc(SCC(=O)NCc2ccc(F)cc2)n1N. The molecule has 1 aromatic heterocycles. The van der Waals surface area contributed by atoms with Crippen molar-refractivity contribution in [3.05, 3.63) is 77.6 Å². The summed E-state index contributed by atoms with van der Waals surface area (Å²) in [6.45, 7) is 2.15. The van der Waals surface area contributed by atoms with E-state index >= 15 is 0 Å². The predicted molar refractivity (Wildman–Crippen MR) is 121 cm³/mol.